The lowest BCUT2D eigenvalue weighted by atomic mass is 9.71. The molecule has 1 atom stereocenters. The normalized spacial score (nSPS) is 23.2. The number of nitrogens with two attached hydrogens (primary N) is 1. The van der Waals surface area contributed by atoms with Gasteiger partial charge in [-0.25, -0.2) is 4.79 Å². The molecule has 3 N–H and O–H groups in total. The Morgan fingerprint density at radius 2 is 1.67 bits per heavy atom. The predicted molar refractivity (Wildman–Crippen MR) is 135 cm³/mol. The molecule has 0 radical (unpaired) electrons. The van der Waals surface area contributed by atoms with Gasteiger partial charge in [0.2, 0.25) is 5.91 Å². The van der Waals surface area contributed by atoms with Crippen molar-refractivity contribution in [3.63, 3.8) is 0 Å². The van der Waals surface area contributed by atoms with E-state index in [4.69, 9.17) is 10.5 Å². The second-order valence-electron chi connectivity index (χ2n) is 10.9. The van der Waals surface area contributed by atoms with Crippen molar-refractivity contribution >= 4 is 29.4 Å². The zero-order valence-electron chi connectivity index (χ0n) is 20.9. The molecule has 184 valence electrons. The standard InChI is InChI=1S/C26H41N3O3S/c1-25(2,3)32-24(31)28-26(4,23(30)29(5)21-7-6-8-21)19-11-9-18(10-12-19)17-33-22-15-13-20(27)14-16-22/h13-16,18-19,21H,6-12,17,27H2,1-5H3,(H,28,31). The summed E-state index contributed by atoms with van der Waals surface area (Å²) in [5.74, 6) is 1.77. The Morgan fingerprint density at radius 3 is 2.18 bits per heavy atom. The number of rotatable bonds is 7. The van der Waals surface area contributed by atoms with Crippen LogP contribution in [0.1, 0.15) is 72.6 Å². The summed E-state index contributed by atoms with van der Waals surface area (Å²) in [5.41, 5.74) is 5.01. The van der Waals surface area contributed by atoms with E-state index in [0.29, 0.717) is 5.92 Å². The molecular weight excluding hydrogens is 434 g/mol. The SMILES string of the molecule is CN(C(=O)C(C)(NC(=O)OC(C)(C)C)C1CCC(CSc2ccc(N)cc2)CC1)C1CCC1. The molecule has 1 aromatic rings. The molecule has 3 rings (SSSR count). The van der Waals surface area contributed by atoms with E-state index in [9.17, 15) is 9.59 Å². The first-order valence-electron chi connectivity index (χ1n) is 12.2. The van der Waals surface area contributed by atoms with Gasteiger partial charge < -0.3 is 20.7 Å². The highest BCUT2D eigenvalue weighted by molar-refractivity contribution is 7.99. The number of hydrogen-bond acceptors (Lipinski definition) is 5. The number of benzene rings is 1. The Balaban J connectivity index is 1.64. The number of nitrogens with one attached hydrogen (secondary N) is 1. The Morgan fingerprint density at radius 1 is 1.06 bits per heavy atom. The lowest BCUT2D eigenvalue weighted by molar-refractivity contribution is -0.143. The van der Waals surface area contributed by atoms with E-state index in [-0.39, 0.29) is 17.9 Å². The number of carbonyl (C=O) groups excluding carboxylic acids is 2. The third-order valence-corrected chi connectivity index (χ3v) is 8.42. The van der Waals surface area contributed by atoms with Gasteiger partial charge in [0.15, 0.2) is 0 Å². The van der Waals surface area contributed by atoms with Crippen molar-refractivity contribution in [3.8, 4) is 0 Å². The summed E-state index contributed by atoms with van der Waals surface area (Å²) in [6, 6.07) is 8.31. The molecule has 0 aliphatic heterocycles. The highest BCUT2D eigenvalue weighted by Crippen LogP contribution is 2.39. The largest absolute Gasteiger partial charge is 0.444 e. The maximum atomic E-state index is 13.7. The summed E-state index contributed by atoms with van der Waals surface area (Å²) < 4.78 is 5.54. The third kappa shape index (κ3) is 6.81. The van der Waals surface area contributed by atoms with Crippen molar-refractivity contribution in [2.45, 2.75) is 94.7 Å². The van der Waals surface area contributed by atoms with Crippen LogP contribution in [0.3, 0.4) is 0 Å². The van der Waals surface area contributed by atoms with Gasteiger partial charge in [0.1, 0.15) is 11.1 Å². The maximum Gasteiger partial charge on any atom is 0.408 e. The van der Waals surface area contributed by atoms with Gasteiger partial charge in [-0.15, -0.1) is 11.8 Å². The van der Waals surface area contributed by atoms with Gasteiger partial charge in [-0.1, -0.05) is 0 Å². The number of thioether (sulfide) groups is 1. The molecule has 1 aromatic carbocycles. The second-order valence-corrected chi connectivity index (χ2v) is 12.0. The molecule has 2 amide bonds. The van der Waals surface area contributed by atoms with Crippen LogP contribution < -0.4 is 11.1 Å². The monoisotopic (exact) mass is 475 g/mol. The first-order chi connectivity index (χ1) is 15.5. The van der Waals surface area contributed by atoms with Crippen molar-refractivity contribution in [2.24, 2.45) is 11.8 Å². The quantitative estimate of drug-likeness (QED) is 0.404. The fourth-order valence-corrected chi connectivity index (χ4v) is 5.93. The minimum Gasteiger partial charge on any atom is -0.444 e. The van der Waals surface area contributed by atoms with E-state index < -0.39 is 17.2 Å². The Bertz CT molecular complexity index is 811. The first kappa shape index (κ1) is 25.7. The van der Waals surface area contributed by atoms with Gasteiger partial charge in [-0.05, 0) is 109 Å². The number of nitrogens with zero attached hydrogens (tertiary/aromatic N) is 1. The lowest BCUT2D eigenvalue weighted by Crippen LogP contribution is -2.64. The summed E-state index contributed by atoms with van der Waals surface area (Å²) >= 11 is 1.87. The highest BCUT2D eigenvalue weighted by atomic mass is 32.2. The van der Waals surface area contributed by atoms with Gasteiger partial charge in [0.05, 0.1) is 0 Å². The minimum absolute atomic E-state index is 0.0118. The van der Waals surface area contributed by atoms with Crippen molar-refractivity contribution in [1.82, 2.24) is 10.2 Å². The molecule has 0 saturated heterocycles. The fourth-order valence-electron chi connectivity index (χ4n) is 4.84. The average molecular weight is 476 g/mol. The van der Waals surface area contributed by atoms with Crippen molar-refractivity contribution in [2.75, 3.05) is 18.5 Å². The summed E-state index contributed by atoms with van der Waals surface area (Å²) in [6.45, 7) is 7.44. The van der Waals surface area contributed by atoms with E-state index in [1.807, 2.05) is 63.5 Å². The van der Waals surface area contributed by atoms with Gasteiger partial charge in [0, 0.05) is 29.4 Å². The number of anilines is 1. The molecule has 0 heterocycles. The second kappa shape index (κ2) is 10.6. The van der Waals surface area contributed by atoms with Crippen molar-refractivity contribution in [3.05, 3.63) is 24.3 Å². The molecule has 7 heteroatoms. The molecule has 0 spiro atoms. The van der Waals surface area contributed by atoms with Crippen LogP contribution in [0.25, 0.3) is 0 Å². The van der Waals surface area contributed by atoms with E-state index in [1.165, 1.54) is 4.90 Å². The lowest BCUT2D eigenvalue weighted by Gasteiger charge is -2.45. The van der Waals surface area contributed by atoms with Crippen LogP contribution in [0.2, 0.25) is 0 Å². The van der Waals surface area contributed by atoms with E-state index in [1.54, 1.807) is 0 Å². The van der Waals surface area contributed by atoms with E-state index >= 15 is 0 Å². The minimum atomic E-state index is -0.957. The van der Waals surface area contributed by atoms with Crippen molar-refractivity contribution < 1.29 is 14.3 Å². The van der Waals surface area contributed by atoms with Crippen LogP contribution in [-0.4, -0.2) is 46.9 Å². The molecule has 0 aromatic heterocycles. The number of carbonyl (C=O) groups is 2. The van der Waals surface area contributed by atoms with Crippen LogP contribution in [0, 0.1) is 11.8 Å². The smallest absolute Gasteiger partial charge is 0.408 e. The predicted octanol–water partition coefficient (Wildman–Crippen LogP) is 5.46. The topological polar surface area (TPSA) is 84.7 Å². The van der Waals surface area contributed by atoms with Crippen molar-refractivity contribution in [1.29, 1.82) is 0 Å². The fraction of sp³-hybridized carbons (Fsp3) is 0.692. The highest BCUT2D eigenvalue weighted by Gasteiger charge is 2.47. The average Bonchev–Trinajstić information content (AvgIpc) is 2.70. The van der Waals surface area contributed by atoms with Crippen LogP contribution in [-0.2, 0) is 9.53 Å². The van der Waals surface area contributed by atoms with Crippen LogP contribution in [0.5, 0.6) is 0 Å². The first-order valence-corrected chi connectivity index (χ1v) is 13.2. The van der Waals surface area contributed by atoms with Gasteiger partial charge in [0.25, 0.3) is 0 Å². The number of hydrogen-bond donors (Lipinski definition) is 2. The molecular formula is C26H41N3O3S. The Labute approximate surface area is 203 Å². The summed E-state index contributed by atoms with van der Waals surface area (Å²) in [4.78, 5) is 29.5. The number of likely N-dealkylation sites (N-methyl/N-ethyl adjacent to an activating group) is 1. The van der Waals surface area contributed by atoms with E-state index in [0.717, 1.165) is 56.4 Å². The molecule has 2 fully saturated rings. The van der Waals surface area contributed by atoms with Gasteiger partial charge >= 0.3 is 6.09 Å². The van der Waals surface area contributed by atoms with E-state index in [2.05, 4.69) is 17.4 Å². The molecule has 6 nitrogen and oxygen atoms in total. The molecule has 2 aliphatic carbocycles. The van der Waals surface area contributed by atoms with Crippen LogP contribution in [0.15, 0.2) is 29.2 Å². The third-order valence-electron chi connectivity index (χ3n) is 7.18. The van der Waals surface area contributed by atoms with Gasteiger partial charge in [-0.3, -0.25) is 4.79 Å². The zero-order valence-corrected chi connectivity index (χ0v) is 21.7. The molecule has 2 aliphatic rings. The number of ether oxygens (including phenoxy) is 1. The molecule has 1 unspecified atom stereocenters. The maximum absolute atomic E-state index is 13.7. The number of alkyl carbamates (subject to hydrolysis) is 1. The zero-order chi connectivity index (χ0) is 24.2. The number of nitrogen functional groups attached to an aromatic ring is 1. The summed E-state index contributed by atoms with van der Waals surface area (Å²) in [6.07, 6.45) is 6.68. The Kier molecular flexibility index (Phi) is 8.25. The van der Waals surface area contributed by atoms with Gasteiger partial charge in [-0.2, -0.15) is 0 Å². The Hall–Kier alpha value is -1.89. The molecule has 33 heavy (non-hydrogen) atoms. The van der Waals surface area contributed by atoms with Crippen LogP contribution in [0.4, 0.5) is 10.5 Å². The molecule has 2 saturated carbocycles. The molecule has 0 bridgehead atoms. The number of amides is 2. The summed E-state index contributed by atoms with van der Waals surface area (Å²) in [5, 5.41) is 3.01. The summed E-state index contributed by atoms with van der Waals surface area (Å²) in [7, 11) is 1.88. The van der Waals surface area contributed by atoms with Crippen LogP contribution >= 0.6 is 11.8 Å².